The molecule has 12 nitrogen and oxygen atoms in total. The second kappa shape index (κ2) is 8.73. The van der Waals surface area contributed by atoms with Gasteiger partial charge in [0.15, 0.2) is 0 Å². The number of hydrogen-bond donors (Lipinski definition) is 4. The van der Waals surface area contributed by atoms with Crippen molar-refractivity contribution < 1.29 is 58.7 Å². The van der Waals surface area contributed by atoms with Crippen LogP contribution in [0.5, 0.6) is 5.75 Å². The molecule has 160 valence electrons. The first-order chi connectivity index (χ1) is 14.5. The fraction of sp³-hybridized carbons (Fsp3) is 0.0526. The van der Waals surface area contributed by atoms with Crippen molar-refractivity contribution in [2.45, 2.75) is 0 Å². The molecule has 2 aromatic carbocycles. The first-order valence-electron chi connectivity index (χ1n) is 8.05. The van der Waals surface area contributed by atoms with Crippen LogP contribution in [0.15, 0.2) is 30.3 Å². The van der Waals surface area contributed by atoms with Crippen LogP contribution >= 0.6 is 0 Å². The lowest BCUT2D eigenvalue weighted by atomic mass is 9.86. The topological polar surface area (TPSA) is 202 Å². The highest BCUT2D eigenvalue weighted by molar-refractivity contribution is 6.23. The zero-order chi connectivity index (χ0) is 23.5. The van der Waals surface area contributed by atoms with Crippen molar-refractivity contribution in [3.05, 3.63) is 63.7 Å². The number of methoxy groups -OCH3 is 1. The monoisotopic (exact) mass is 432 g/mol. The lowest BCUT2D eigenvalue weighted by Crippen LogP contribution is -2.29. The molecule has 4 N–H and O–H groups in total. The lowest BCUT2D eigenvalue weighted by molar-refractivity contribution is 0.0558. The van der Waals surface area contributed by atoms with Gasteiger partial charge in [0.1, 0.15) is 5.75 Å². The Balaban J connectivity index is 3.10. The van der Waals surface area contributed by atoms with Crippen LogP contribution < -0.4 is 4.74 Å². The third kappa shape index (κ3) is 4.17. The zero-order valence-corrected chi connectivity index (χ0v) is 15.4. The van der Waals surface area contributed by atoms with E-state index < -0.39 is 69.2 Å². The Bertz CT molecular complexity index is 1080. The van der Waals surface area contributed by atoms with Gasteiger partial charge in [-0.3, -0.25) is 0 Å². The van der Waals surface area contributed by atoms with E-state index in [9.17, 15) is 49.2 Å². The van der Waals surface area contributed by atoms with Crippen LogP contribution in [0, 0.1) is 0 Å². The standard InChI is InChI=1S/C19H12O12/c1-30-18(28)12-8(14(20)21)10(16(24)25)13(11(17(26)27)9(12)15(22)23)19(29)31-7-5-3-2-4-6-7/h2-6H,1H3,(H,20,21)(H,22,23)(H,24,25)(H,26,27). The zero-order valence-electron chi connectivity index (χ0n) is 15.4. The molecule has 0 saturated heterocycles. The van der Waals surface area contributed by atoms with Gasteiger partial charge in [-0.2, -0.15) is 0 Å². The van der Waals surface area contributed by atoms with Crippen molar-refractivity contribution >= 4 is 35.8 Å². The highest BCUT2D eigenvalue weighted by atomic mass is 16.5. The van der Waals surface area contributed by atoms with E-state index in [1.807, 2.05) is 0 Å². The maximum absolute atomic E-state index is 12.7. The summed E-state index contributed by atoms with van der Waals surface area (Å²) in [7, 11) is 0.734. The van der Waals surface area contributed by atoms with Crippen LogP contribution in [0.4, 0.5) is 0 Å². The van der Waals surface area contributed by atoms with E-state index >= 15 is 0 Å². The molecule has 0 aliphatic carbocycles. The third-order valence-corrected chi connectivity index (χ3v) is 3.90. The molecule has 0 atom stereocenters. The average Bonchev–Trinajstić information content (AvgIpc) is 2.70. The van der Waals surface area contributed by atoms with Gasteiger partial charge in [0.25, 0.3) is 0 Å². The average molecular weight is 432 g/mol. The van der Waals surface area contributed by atoms with Crippen LogP contribution in [0.3, 0.4) is 0 Å². The molecule has 0 aromatic heterocycles. The molecule has 0 unspecified atom stereocenters. The van der Waals surface area contributed by atoms with Gasteiger partial charge in [-0.15, -0.1) is 0 Å². The molecule has 0 fully saturated rings. The Morgan fingerprint density at radius 2 is 0.935 bits per heavy atom. The molecule has 0 heterocycles. The number of rotatable bonds is 7. The van der Waals surface area contributed by atoms with Crippen LogP contribution in [0.2, 0.25) is 0 Å². The second-order valence-corrected chi connectivity index (χ2v) is 5.66. The molecule has 0 radical (unpaired) electrons. The molecule has 2 rings (SSSR count). The van der Waals surface area contributed by atoms with E-state index in [1.165, 1.54) is 24.3 Å². The third-order valence-electron chi connectivity index (χ3n) is 3.90. The minimum atomic E-state index is -2.12. The Labute approximate surface area is 171 Å². The number of hydrogen-bond acceptors (Lipinski definition) is 8. The highest BCUT2D eigenvalue weighted by Crippen LogP contribution is 2.31. The molecule has 12 heteroatoms. The van der Waals surface area contributed by atoms with Gasteiger partial charge in [-0.1, -0.05) is 18.2 Å². The molecule has 0 saturated carbocycles. The van der Waals surface area contributed by atoms with E-state index in [1.54, 1.807) is 6.07 Å². The normalized spacial score (nSPS) is 10.1. The summed E-state index contributed by atoms with van der Waals surface area (Å²) in [5.74, 6) is -12.0. The van der Waals surface area contributed by atoms with Crippen LogP contribution in [-0.2, 0) is 4.74 Å². The first kappa shape index (κ1) is 22.5. The molecule has 0 bridgehead atoms. The molecule has 31 heavy (non-hydrogen) atoms. The number of para-hydroxylation sites is 1. The maximum atomic E-state index is 12.7. The Hall–Kier alpha value is -4.74. The van der Waals surface area contributed by atoms with Crippen molar-refractivity contribution in [3.63, 3.8) is 0 Å². The number of ether oxygens (including phenoxy) is 2. The fourth-order valence-electron chi connectivity index (χ4n) is 2.76. The Morgan fingerprint density at radius 3 is 1.26 bits per heavy atom. The molecule has 0 spiro atoms. The molecular weight excluding hydrogens is 420 g/mol. The number of carbonyl (C=O) groups is 6. The van der Waals surface area contributed by atoms with Crippen molar-refractivity contribution in [3.8, 4) is 5.75 Å². The molecule has 0 amide bonds. The number of aromatic carboxylic acids is 4. The summed E-state index contributed by atoms with van der Waals surface area (Å²) in [6.45, 7) is 0. The summed E-state index contributed by atoms with van der Waals surface area (Å²) in [5, 5.41) is 38.1. The van der Waals surface area contributed by atoms with Crippen LogP contribution in [-0.4, -0.2) is 63.4 Å². The Kier molecular flexibility index (Phi) is 6.35. The van der Waals surface area contributed by atoms with Gasteiger partial charge >= 0.3 is 35.8 Å². The van der Waals surface area contributed by atoms with Crippen LogP contribution in [0.25, 0.3) is 0 Å². The quantitative estimate of drug-likeness (QED) is 0.363. The van der Waals surface area contributed by atoms with E-state index in [4.69, 9.17) is 4.74 Å². The fourth-order valence-corrected chi connectivity index (χ4v) is 2.76. The smallest absolute Gasteiger partial charge is 0.345 e. The van der Waals surface area contributed by atoms with Gasteiger partial charge in [0.05, 0.1) is 40.5 Å². The molecule has 0 aliphatic heterocycles. The number of benzene rings is 2. The van der Waals surface area contributed by atoms with E-state index in [2.05, 4.69) is 4.74 Å². The number of carboxylic acids is 4. The van der Waals surface area contributed by atoms with Gasteiger partial charge < -0.3 is 29.9 Å². The number of carboxylic acid groups (broad SMARTS) is 4. The van der Waals surface area contributed by atoms with Gasteiger partial charge in [-0.25, -0.2) is 28.8 Å². The van der Waals surface area contributed by atoms with E-state index in [-0.39, 0.29) is 5.75 Å². The maximum Gasteiger partial charge on any atom is 0.345 e. The van der Waals surface area contributed by atoms with Crippen molar-refractivity contribution in [1.82, 2.24) is 0 Å². The van der Waals surface area contributed by atoms with Crippen molar-refractivity contribution in [2.75, 3.05) is 7.11 Å². The predicted octanol–water partition coefficient (Wildman–Crippen LogP) is 1.49. The number of esters is 2. The first-order valence-corrected chi connectivity index (χ1v) is 8.05. The second-order valence-electron chi connectivity index (χ2n) is 5.66. The van der Waals surface area contributed by atoms with Crippen LogP contribution in [0.1, 0.15) is 62.1 Å². The highest BCUT2D eigenvalue weighted by Gasteiger charge is 2.41. The lowest BCUT2D eigenvalue weighted by Gasteiger charge is -2.18. The molecule has 0 aliphatic rings. The SMILES string of the molecule is COC(=O)c1c(C(=O)O)c(C(=O)O)c(C(=O)Oc2ccccc2)c(C(=O)O)c1C(=O)O. The van der Waals surface area contributed by atoms with Gasteiger partial charge in [-0.05, 0) is 12.1 Å². The number of carbonyl (C=O) groups excluding carboxylic acids is 2. The van der Waals surface area contributed by atoms with E-state index in [0.717, 1.165) is 7.11 Å². The largest absolute Gasteiger partial charge is 0.478 e. The summed E-state index contributed by atoms with van der Waals surface area (Å²) >= 11 is 0. The van der Waals surface area contributed by atoms with Crippen molar-refractivity contribution in [1.29, 1.82) is 0 Å². The van der Waals surface area contributed by atoms with Gasteiger partial charge in [0.2, 0.25) is 0 Å². The minimum absolute atomic E-state index is 0.175. The van der Waals surface area contributed by atoms with Gasteiger partial charge in [0, 0.05) is 0 Å². The van der Waals surface area contributed by atoms with Crippen molar-refractivity contribution in [2.24, 2.45) is 0 Å². The molecular formula is C19H12O12. The van der Waals surface area contributed by atoms with E-state index in [0.29, 0.717) is 0 Å². The summed E-state index contributed by atoms with van der Waals surface area (Å²) in [4.78, 5) is 72.2. The summed E-state index contributed by atoms with van der Waals surface area (Å²) in [6, 6.07) is 6.88. The minimum Gasteiger partial charge on any atom is -0.478 e. The Morgan fingerprint density at radius 1 is 0.581 bits per heavy atom. The predicted molar refractivity (Wildman–Crippen MR) is 97.0 cm³/mol. The summed E-state index contributed by atoms with van der Waals surface area (Å²) in [6.07, 6.45) is 0. The molecule has 2 aromatic rings. The summed E-state index contributed by atoms with van der Waals surface area (Å²) < 4.78 is 9.23. The summed E-state index contributed by atoms with van der Waals surface area (Å²) in [5.41, 5.74) is -8.50.